The van der Waals surface area contributed by atoms with Gasteiger partial charge in [0, 0.05) is 16.7 Å². The molecule has 1 spiro atoms. The lowest BCUT2D eigenvalue weighted by molar-refractivity contribution is -0.125. The number of alkyl halides is 1. The minimum atomic E-state index is 0.0833. The molecule has 0 saturated heterocycles. The van der Waals surface area contributed by atoms with Gasteiger partial charge < -0.3 is 0 Å². The fourth-order valence-electron chi connectivity index (χ4n) is 2.58. The number of ketones is 1. The van der Waals surface area contributed by atoms with Gasteiger partial charge in [-0.05, 0) is 25.7 Å². The molecule has 0 aromatic rings. The van der Waals surface area contributed by atoms with Crippen molar-refractivity contribution in [3.8, 4) is 0 Å². The van der Waals surface area contributed by atoms with Crippen molar-refractivity contribution < 1.29 is 4.79 Å². The van der Waals surface area contributed by atoms with E-state index < -0.39 is 0 Å². The lowest BCUT2D eigenvalue weighted by Crippen LogP contribution is -2.30. The van der Waals surface area contributed by atoms with E-state index in [0.29, 0.717) is 10.6 Å². The number of carbonyl (C=O) groups is 1. The highest BCUT2D eigenvalue weighted by atomic mass is 79.9. The molecule has 2 aliphatic carbocycles. The highest BCUT2D eigenvalue weighted by Gasteiger charge is 2.49. The van der Waals surface area contributed by atoms with Crippen molar-refractivity contribution in [2.45, 2.75) is 43.4 Å². The molecule has 0 unspecified atom stereocenters. The van der Waals surface area contributed by atoms with Gasteiger partial charge in [0.25, 0.3) is 0 Å². The summed E-state index contributed by atoms with van der Waals surface area (Å²) in [6.45, 7) is 0. The molecule has 2 atom stereocenters. The summed E-state index contributed by atoms with van der Waals surface area (Å²) in [5.74, 6) is 0.525. The van der Waals surface area contributed by atoms with Gasteiger partial charge in [-0.3, -0.25) is 4.79 Å². The van der Waals surface area contributed by atoms with Crippen molar-refractivity contribution in [2.75, 3.05) is 0 Å². The molecule has 2 rings (SSSR count). The zero-order chi connectivity index (χ0) is 7.90. The predicted molar refractivity (Wildman–Crippen MR) is 47.9 cm³/mol. The van der Waals surface area contributed by atoms with E-state index in [1.54, 1.807) is 0 Å². The molecule has 0 aromatic heterocycles. The number of halogens is 1. The number of Topliss-reactive ketones (excluding diaryl/α,β-unsaturated/α-hetero) is 1. The molecule has 2 heteroatoms. The monoisotopic (exact) mass is 216 g/mol. The molecule has 0 amide bonds. The predicted octanol–water partition coefficient (Wildman–Crippen LogP) is 2.67. The summed E-state index contributed by atoms with van der Waals surface area (Å²) in [6, 6.07) is 0. The van der Waals surface area contributed by atoms with Gasteiger partial charge in [-0.2, -0.15) is 0 Å². The Balaban J connectivity index is 2.25. The van der Waals surface area contributed by atoms with Crippen molar-refractivity contribution in [2.24, 2.45) is 5.41 Å². The third-order valence-electron chi connectivity index (χ3n) is 3.26. The quantitative estimate of drug-likeness (QED) is 0.570. The van der Waals surface area contributed by atoms with Crippen LogP contribution in [0.25, 0.3) is 0 Å². The molecule has 0 aliphatic heterocycles. The lowest BCUT2D eigenvalue weighted by Gasteiger charge is -2.24. The molecule has 2 aliphatic rings. The maximum atomic E-state index is 11.6. The van der Waals surface area contributed by atoms with Gasteiger partial charge >= 0.3 is 0 Å². The van der Waals surface area contributed by atoms with Crippen molar-refractivity contribution in [1.29, 1.82) is 0 Å². The van der Waals surface area contributed by atoms with E-state index in [4.69, 9.17) is 0 Å². The Morgan fingerprint density at radius 1 is 1.36 bits per heavy atom. The van der Waals surface area contributed by atoms with E-state index in [2.05, 4.69) is 15.9 Å². The Hall–Kier alpha value is 0.150. The number of hydrogen-bond donors (Lipinski definition) is 0. The number of hydrogen-bond acceptors (Lipinski definition) is 1. The van der Waals surface area contributed by atoms with Crippen LogP contribution in [0, 0.1) is 5.41 Å². The van der Waals surface area contributed by atoms with E-state index in [1.165, 1.54) is 12.8 Å². The zero-order valence-electron chi connectivity index (χ0n) is 6.61. The topological polar surface area (TPSA) is 17.1 Å². The second-order valence-corrected chi connectivity index (χ2v) is 4.90. The Kier molecular flexibility index (Phi) is 1.82. The Morgan fingerprint density at radius 3 is 2.55 bits per heavy atom. The summed E-state index contributed by atoms with van der Waals surface area (Å²) in [7, 11) is 0. The second kappa shape index (κ2) is 2.58. The molecule has 62 valence electrons. The van der Waals surface area contributed by atoms with Crippen LogP contribution < -0.4 is 0 Å². The normalized spacial score (nSPS) is 44.1. The molecule has 0 aromatic carbocycles. The Labute approximate surface area is 75.7 Å². The maximum Gasteiger partial charge on any atom is 0.140 e. The smallest absolute Gasteiger partial charge is 0.140 e. The summed E-state index contributed by atoms with van der Waals surface area (Å²) in [5, 5.41) is 0. The molecule has 1 nitrogen and oxygen atoms in total. The molecule has 0 radical (unpaired) electrons. The third-order valence-corrected chi connectivity index (χ3v) is 4.60. The van der Waals surface area contributed by atoms with Crippen molar-refractivity contribution >= 4 is 21.7 Å². The molecular formula is C9H13BrO. The first-order valence-corrected chi connectivity index (χ1v) is 5.35. The van der Waals surface area contributed by atoms with E-state index in [9.17, 15) is 4.79 Å². The highest BCUT2D eigenvalue weighted by Crippen LogP contribution is 2.51. The average Bonchev–Trinajstić information content (AvgIpc) is 2.48. The van der Waals surface area contributed by atoms with Crippen molar-refractivity contribution in [3.63, 3.8) is 0 Å². The minimum absolute atomic E-state index is 0.0833. The largest absolute Gasteiger partial charge is 0.299 e. The average molecular weight is 217 g/mol. The molecule has 0 bridgehead atoms. The molecule has 2 saturated carbocycles. The number of rotatable bonds is 0. The standard InChI is InChI=1S/C9H13BrO/c10-7-3-1-5-9(7)6-2-4-8(9)11/h7H,1-6H2/t7-,9-/m0/s1. The van der Waals surface area contributed by atoms with Crippen LogP contribution in [0.4, 0.5) is 0 Å². The van der Waals surface area contributed by atoms with Crippen molar-refractivity contribution in [3.05, 3.63) is 0 Å². The lowest BCUT2D eigenvalue weighted by atomic mass is 9.84. The fourth-order valence-corrected chi connectivity index (χ4v) is 3.62. The summed E-state index contributed by atoms with van der Waals surface area (Å²) in [5.41, 5.74) is 0.0833. The summed E-state index contributed by atoms with van der Waals surface area (Å²) < 4.78 is 0. The second-order valence-electron chi connectivity index (χ2n) is 3.79. The van der Waals surface area contributed by atoms with Gasteiger partial charge in [-0.25, -0.2) is 0 Å². The van der Waals surface area contributed by atoms with Gasteiger partial charge in [-0.15, -0.1) is 0 Å². The summed E-state index contributed by atoms with van der Waals surface area (Å²) >= 11 is 3.64. The van der Waals surface area contributed by atoms with E-state index >= 15 is 0 Å². The van der Waals surface area contributed by atoms with Gasteiger partial charge in [0.15, 0.2) is 0 Å². The van der Waals surface area contributed by atoms with Gasteiger partial charge in [0.2, 0.25) is 0 Å². The minimum Gasteiger partial charge on any atom is -0.299 e. The van der Waals surface area contributed by atoms with Crippen LogP contribution in [-0.4, -0.2) is 10.6 Å². The van der Waals surface area contributed by atoms with Crippen molar-refractivity contribution in [1.82, 2.24) is 0 Å². The first-order valence-electron chi connectivity index (χ1n) is 4.43. The molecule has 0 N–H and O–H groups in total. The van der Waals surface area contributed by atoms with Crippen LogP contribution in [0.1, 0.15) is 38.5 Å². The SMILES string of the molecule is O=C1CCC[C@]12CCC[C@@H]2Br. The Morgan fingerprint density at radius 2 is 2.09 bits per heavy atom. The number of carbonyl (C=O) groups excluding carboxylic acids is 1. The fraction of sp³-hybridized carbons (Fsp3) is 0.889. The molecular weight excluding hydrogens is 204 g/mol. The van der Waals surface area contributed by atoms with E-state index in [1.807, 2.05) is 0 Å². The van der Waals surface area contributed by atoms with Gasteiger partial charge in [-0.1, -0.05) is 22.4 Å². The Bertz CT molecular complexity index is 186. The van der Waals surface area contributed by atoms with Crippen LogP contribution in [0.15, 0.2) is 0 Å². The summed E-state index contributed by atoms with van der Waals surface area (Å²) in [6.07, 6.45) is 6.68. The zero-order valence-corrected chi connectivity index (χ0v) is 8.19. The van der Waals surface area contributed by atoms with Crippen LogP contribution in [0.2, 0.25) is 0 Å². The van der Waals surface area contributed by atoms with Crippen LogP contribution in [0.3, 0.4) is 0 Å². The van der Waals surface area contributed by atoms with Crippen LogP contribution in [-0.2, 0) is 4.79 Å². The molecule has 11 heavy (non-hydrogen) atoms. The molecule has 0 heterocycles. The van der Waals surface area contributed by atoms with Gasteiger partial charge in [0.05, 0.1) is 0 Å². The molecule has 2 fully saturated rings. The van der Waals surface area contributed by atoms with Crippen LogP contribution >= 0.6 is 15.9 Å². The highest BCUT2D eigenvalue weighted by molar-refractivity contribution is 9.09. The maximum absolute atomic E-state index is 11.6. The van der Waals surface area contributed by atoms with Gasteiger partial charge in [0.1, 0.15) is 5.78 Å². The first-order chi connectivity index (χ1) is 5.26. The third kappa shape index (κ3) is 0.986. The van der Waals surface area contributed by atoms with Crippen LogP contribution in [0.5, 0.6) is 0 Å². The first kappa shape index (κ1) is 7.78. The summed E-state index contributed by atoms with van der Waals surface area (Å²) in [4.78, 5) is 12.1. The van der Waals surface area contributed by atoms with E-state index in [0.717, 1.165) is 25.7 Å². The van der Waals surface area contributed by atoms with E-state index in [-0.39, 0.29) is 5.41 Å².